The van der Waals surface area contributed by atoms with Crippen molar-refractivity contribution >= 4 is 5.78 Å². The summed E-state index contributed by atoms with van der Waals surface area (Å²) in [6, 6.07) is 0. The topological polar surface area (TPSA) is 26.3 Å². The lowest BCUT2D eigenvalue weighted by Gasteiger charge is -2.28. The Hall–Kier alpha value is -0.370. The van der Waals surface area contributed by atoms with Crippen LogP contribution in [-0.4, -0.2) is 18.5 Å². The van der Waals surface area contributed by atoms with Gasteiger partial charge in [-0.1, -0.05) is 33.6 Å². The Morgan fingerprint density at radius 3 is 2.57 bits per heavy atom. The predicted molar refractivity (Wildman–Crippen MR) is 57.2 cm³/mol. The molecule has 14 heavy (non-hydrogen) atoms. The van der Waals surface area contributed by atoms with Gasteiger partial charge in [-0.25, -0.2) is 0 Å². The second-order valence-electron chi connectivity index (χ2n) is 4.73. The lowest BCUT2D eigenvalue weighted by atomic mass is 9.88. The SMILES string of the molecule is CC(C)C(=O)COC1CCCCC1C. The van der Waals surface area contributed by atoms with Crippen LogP contribution >= 0.6 is 0 Å². The highest BCUT2D eigenvalue weighted by Gasteiger charge is 2.22. The van der Waals surface area contributed by atoms with Crippen molar-refractivity contribution in [2.24, 2.45) is 11.8 Å². The zero-order chi connectivity index (χ0) is 10.6. The fourth-order valence-electron chi connectivity index (χ4n) is 1.89. The third kappa shape index (κ3) is 3.41. The van der Waals surface area contributed by atoms with Gasteiger partial charge in [-0.2, -0.15) is 0 Å². The summed E-state index contributed by atoms with van der Waals surface area (Å²) in [4.78, 5) is 11.4. The van der Waals surface area contributed by atoms with Crippen LogP contribution in [0.1, 0.15) is 46.5 Å². The van der Waals surface area contributed by atoms with Gasteiger partial charge in [0.05, 0.1) is 6.10 Å². The summed E-state index contributed by atoms with van der Waals surface area (Å²) >= 11 is 0. The monoisotopic (exact) mass is 198 g/mol. The minimum absolute atomic E-state index is 0.105. The number of ether oxygens (including phenoxy) is 1. The molecule has 2 unspecified atom stereocenters. The summed E-state index contributed by atoms with van der Waals surface area (Å²) in [6.45, 7) is 6.39. The molecule has 2 nitrogen and oxygen atoms in total. The van der Waals surface area contributed by atoms with Crippen molar-refractivity contribution < 1.29 is 9.53 Å². The molecule has 1 saturated carbocycles. The summed E-state index contributed by atoms with van der Waals surface area (Å²) in [5.41, 5.74) is 0. The molecule has 1 aliphatic rings. The maximum Gasteiger partial charge on any atom is 0.160 e. The number of hydrogen-bond donors (Lipinski definition) is 0. The van der Waals surface area contributed by atoms with Crippen LogP contribution in [-0.2, 0) is 9.53 Å². The molecule has 0 aromatic rings. The molecule has 0 aliphatic heterocycles. The summed E-state index contributed by atoms with van der Waals surface area (Å²) in [5.74, 6) is 0.959. The Morgan fingerprint density at radius 1 is 1.36 bits per heavy atom. The predicted octanol–water partition coefficient (Wildman–Crippen LogP) is 2.81. The van der Waals surface area contributed by atoms with Gasteiger partial charge in [0.2, 0.25) is 0 Å². The fraction of sp³-hybridized carbons (Fsp3) is 0.917. The number of hydrogen-bond acceptors (Lipinski definition) is 2. The summed E-state index contributed by atoms with van der Waals surface area (Å²) in [6.07, 6.45) is 5.28. The van der Waals surface area contributed by atoms with Gasteiger partial charge in [0, 0.05) is 5.92 Å². The summed E-state index contributed by atoms with van der Waals surface area (Å²) in [5, 5.41) is 0. The van der Waals surface area contributed by atoms with E-state index in [0.717, 1.165) is 6.42 Å². The van der Waals surface area contributed by atoms with E-state index in [1.54, 1.807) is 0 Å². The molecule has 0 amide bonds. The molecule has 0 spiro atoms. The number of carbonyl (C=O) groups is 1. The van der Waals surface area contributed by atoms with E-state index in [0.29, 0.717) is 18.6 Å². The molecule has 2 atom stereocenters. The minimum Gasteiger partial charge on any atom is -0.370 e. The Bertz CT molecular complexity index is 187. The highest BCUT2D eigenvalue weighted by atomic mass is 16.5. The number of Topliss-reactive ketones (excluding diaryl/α,β-unsaturated/α-hetero) is 1. The molecular weight excluding hydrogens is 176 g/mol. The van der Waals surface area contributed by atoms with E-state index in [4.69, 9.17) is 4.74 Å². The quantitative estimate of drug-likeness (QED) is 0.694. The largest absolute Gasteiger partial charge is 0.370 e. The molecule has 0 N–H and O–H groups in total. The van der Waals surface area contributed by atoms with Gasteiger partial charge in [0.25, 0.3) is 0 Å². The molecule has 0 saturated heterocycles. The van der Waals surface area contributed by atoms with E-state index in [1.807, 2.05) is 13.8 Å². The normalized spacial score (nSPS) is 28.0. The van der Waals surface area contributed by atoms with Crippen molar-refractivity contribution in [3.05, 3.63) is 0 Å². The Morgan fingerprint density at radius 2 is 2.00 bits per heavy atom. The Balaban J connectivity index is 2.26. The molecule has 0 aromatic carbocycles. The zero-order valence-corrected chi connectivity index (χ0v) is 9.58. The van der Waals surface area contributed by atoms with Crippen molar-refractivity contribution in [1.82, 2.24) is 0 Å². The summed E-state index contributed by atoms with van der Waals surface area (Å²) < 4.78 is 5.67. The van der Waals surface area contributed by atoms with E-state index in [9.17, 15) is 4.79 Å². The van der Waals surface area contributed by atoms with Gasteiger partial charge >= 0.3 is 0 Å². The van der Waals surface area contributed by atoms with Crippen LogP contribution in [0.2, 0.25) is 0 Å². The van der Waals surface area contributed by atoms with Gasteiger partial charge in [-0.05, 0) is 18.8 Å². The zero-order valence-electron chi connectivity index (χ0n) is 9.58. The lowest BCUT2D eigenvalue weighted by molar-refractivity contribution is -0.130. The second kappa shape index (κ2) is 5.50. The first kappa shape index (κ1) is 11.7. The van der Waals surface area contributed by atoms with Crippen LogP contribution < -0.4 is 0 Å². The third-order valence-electron chi connectivity index (χ3n) is 3.12. The first-order chi connectivity index (χ1) is 6.61. The molecule has 2 heteroatoms. The average molecular weight is 198 g/mol. The molecule has 0 radical (unpaired) electrons. The van der Waals surface area contributed by atoms with E-state index in [1.165, 1.54) is 19.3 Å². The number of rotatable bonds is 4. The van der Waals surface area contributed by atoms with Crippen LogP contribution in [0.5, 0.6) is 0 Å². The van der Waals surface area contributed by atoms with E-state index < -0.39 is 0 Å². The van der Waals surface area contributed by atoms with E-state index >= 15 is 0 Å². The fourth-order valence-corrected chi connectivity index (χ4v) is 1.89. The third-order valence-corrected chi connectivity index (χ3v) is 3.12. The van der Waals surface area contributed by atoms with Gasteiger partial charge < -0.3 is 4.74 Å². The highest BCUT2D eigenvalue weighted by Crippen LogP contribution is 2.26. The minimum atomic E-state index is 0.105. The highest BCUT2D eigenvalue weighted by molar-refractivity contribution is 5.81. The Kier molecular flexibility index (Phi) is 4.59. The van der Waals surface area contributed by atoms with Crippen molar-refractivity contribution in [2.75, 3.05) is 6.61 Å². The number of ketones is 1. The van der Waals surface area contributed by atoms with Gasteiger partial charge in [-0.15, -0.1) is 0 Å². The van der Waals surface area contributed by atoms with Crippen LogP contribution in [0.3, 0.4) is 0 Å². The van der Waals surface area contributed by atoms with Crippen LogP contribution in [0.4, 0.5) is 0 Å². The van der Waals surface area contributed by atoms with Gasteiger partial charge in [0.1, 0.15) is 6.61 Å². The molecule has 0 heterocycles. The van der Waals surface area contributed by atoms with Gasteiger partial charge in [-0.3, -0.25) is 4.79 Å². The van der Waals surface area contributed by atoms with Crippen LogP contribution in [0.15, 0.2) is 0 Å². The van der Waals surface area contributed by atoms with Crippen LogP contribution in [0.25, 0.3) is 0 Å². The van der Waals surface area contributed by atoms with Crippen molar-refractivity contribution in [3.8, 4) is 0 Å². The van der Waals surface area contributed by atoms with Crippen molar-refractivity contribution in [3.63, 3.8) is 0 Å². The number of carbonyl (C=O) groups excluding carboxylic acids is 1. The van der Waals surface area contributed by atoms with Crippen LogP contribution in [0, 0.1) is 11.8 Å². The summed E-state index contributed by atoms with van der Waals surface area (Å²) in [7, 11) is 0. The maximum absolute atomic E-state index is 11.4. The molecule has 0 aromatic heterocycles. The van der Waals surface area contributed by atoms with E-state index in [2.05, 4.69) is 6.92 Å². The van der Waals surface area contributed by atoms with E-state index in [-0.39, 0.29) is 11.7 Å². The Labute approximate surface area is 87.0 Å². The molecule has 1 rings (SSSR count). The molecule has 0 bridgehead atoms. The molecule has 1 fully saturated rings. The molecule has 82 valence electrons. The standard InChI is InChI=1S/C12H22O2/c1-9(2)11(13)8-14-12-7-5-4-6-10(12)3/h9-10,12H,4-8H2,1-3H3. The van der Waals surface area contributed by atoms with Crippen molar-refractivity contribution in [2.45, 2.75) is 52.6 Å². The maximum atomic E-state index is 11.4. The molecular formula is C12H22O2. The smallest absolute Gasteiger partial charge is 0.160 e. The lowest BCUT2D eigenvalue weighted by Crippen LogP contribution is -2.29. The second-order valence-corrected chi connectivity index (χ2v) is 4.73. The van der Waals surface area contributed by atoms with Gasteiger partial charge in [0.15, 0.2) is 5.78 Å². The molecule has 1 aliphatic carbocycles. The average Bonchev–Trinajstić information content (AvgIpc) is 2.16. The first-order valence-electron chi connectivity index (χ1n) is 5.75. The first-order valence-corrected chi connectivity index (χ1v) is 5.75. The van der Waals surface area contributed by atoms with Crippen molar-refractivity contribution in [1.29, 1.82) is 0 Å².